The van der Waals surface area contributed by atoms with Crippen molar-refractivity contribution in [1.29, 1.82) is 0 Å². The van der Waals surface area contributed by atoms with Gasteiger partial charge in [-0.3, -0.25) is 0 Å². The first-order chi connectivity index (χ1) is 11.7. The van der Waals surface area contributed by atoms with Gasteiger partial charge < -0.3 is 19.5 Å². The van der Waals surface area contributed by atoms with Crippen molar-refractivity contribution >= 4 is 15.9 Å². The lowest BCUT2D eigenvalue weighted by Crippen LogP contribution is -2.19. The number of benzene rings is 2. The lowest BCUT2D eigenvalue weighted by atomic mass is 10.1. The lowest BCUT2D eigenvalue weighted by molar-refractivity contribution is 0.199. The molecule has 0 aliphatic rings. The van der Waals surface area contributed by atoms with Gasteiger partial charge in [0.2, 0.25) is 0 Å². The number of ether oxygens (including phenoxy) is 3. The molecule has 4 nitrogen and oxygen atoms in total. The minimum Gasteiger partial charge on any atom is -0.493 e. The molecule has 0 spiro atoms. The zero-order valence-corrected chi connectivity index (χ0v) is 15.4. The van der Waals surface area contributed by atoms with Crippen molar-refractivity contribution in [3.8, 4) is 11.5 Å². The smallest absolute Gasteiger partial charge is 0.167 e. The SMILES string of the molecule is COCCNCc1c(Br)ccc(OC)c1OCc1ccc(F)cc1. The van der Waals surface area contributed by atoms with Gasteiger partial charge in [-0.05, 0) is 29.8 Å². The average molecular weight is 398 g/mol. The number of halogens is 2. The second-order valence-corrected chi connectivity index (χ2v) is 6.00. The van der Waals surface area contributed by atoms with Gasteiger partial charge in [-0.1, -0.05) is 28.1 Å². The summed E-state index contributed by atoms with van der Waals surface area (Å²) in [6, 6.07) is 10.0. The van der Waals surface area contributed by atoms with E-state index in [1.54, 1.807) is 26.4 Å². The molecule has 0 bridgehead atoms. The van der Waals surface area contributed by atoms with Crippen LogP contribution in [0.25, 0.3) is 0 Å². The van der Waals surface area contributed by atoms with Gasteiger partial charge in [0.25, 0.3) is 0 Å². The van der Waals surface area contributed by atoms with Crippen LogP contribution in [-0.2, 0) is 17.9 Å². The standard InChI is InChI=1S/C18H21BrFNO3/c1-22-10-9-21-11-15-16(19)7-8-17(23-2)18(15)24-12-13-3-5-14(20)6-4-13/h3-8,21H,9-12H2,1-2H3. The fraction of sp³-hybridized carbons (Fsp3) is 0.333. The van der Waals surface area contributed by atoms with Gasteiger partial charge in [0.05, 0.1) is 13.7 Å². The Morgan fingerprint density at radius 3 is 2.50 bits per heavy atom. The van der Waals surface area contributed by atoms with Gasteiger partial charge in [0.1, 0.15) is 12.4 Å². The molecule has 24 heavy (non-hydrogen) atoms. The highest BCUT2D eigenvalue weighted by molar-refractivity contribution is 9.10. The third-order valence-corrected chi connectivity index (χ3v) is 4.21. The molecule has 2 aromatic carbocycles. The van der Waals surface area contributed by atoms with Crippen LogP contribution in [-0.4, -0.2) is 27.4 Å². The van der Waals surface area contributed by atoms with E-state index >= 15 is 0 Å². The molecular weight excluding hydrogens is 377 g/mol. The molecule has 0 heterocycles. The van der Waals surface area contributed by atoms with E-state index in [0.29, 0.717) is 31.3 Å². The van der Waals surface area contributed by atoms with Gasteiger partial charge in [-0.15, -0.1) is 0 Å². The summed E-state index contributed by atoms with van der Waals surface area (Å²) in [6.07, 6.45) is 0. The second kappa shape index (κ2) is 9.61. The third-order valence-electron chi connectivity index (χ3n) is 3.47. The van der Waals surface area contributed by atoms with Crippen LogP contribution in [0, 0.1) is 5.82 Å². The summed E-state index contributed by atoms with van der Waals surface area (Å²) in [5.74, 6) is 1.06. The summed E-state index contributed by atoms with van der Waals surface area (Å²) in [5, 5.41) is 3.30. The van der Waals surface area contributed by atoms with Crippen molar-refractivity contribution in [2.75, 3.05) is 27.4 Å². The lowest BCUT2D eigenvalue weighted by Gasteiger charge is -2.17. The molecule has 0 aliphatic carbocycles. The molecule has 0 unspecified atom stereocenters. The normalized spacial score (nSPS) is 10.7. The zero-order chi connectivity index (χ0) is 17.4. The van der Waals surface area contributed by atoms with E-state index in [0.717, 1.165) is 22.1 Å². The van der Waals surface area contributed by atoms with Crippen LogP contribution in [0.4, 0.5) is 4.39 Å². The zero-order valence-electron chi connectivity index (χ0n) is 13.8. The van der Waals surface area contributed by atoms with Crippen LogP contribution in [0.5, 0.6) is 11.5 Å². The Balaban J connectivity index is 2.15. The van der Waals surface area contributed by atoms with Gasteiger partial charge in [-0.25, -0.2) is 4.39 Å². The molecule has 2 rings (SSSR count). The number of hydrogen-bond donors (Lipinski definition) is 1. The Hall–Kier alpha value is -1.63. The molecule has 0 aromatic heterocycles. The Morgan fingerprint density at radius 1 is 1.08 bits per heavy atom. The van der Waals surface area contributed by atoms with E-state index in [2.05, 4.69) is 21.2 Å². The van der Waals surface area contributed by atoms with E-state index < -0.39 is 0 Å². The second-order valence-electron chi connectivity index (χ2n) is 5.14. The summed E-state index contributed by atoms with van der Waals surface area (Å²) in [7, 11) is 3.27. The molecule has 2 aromatic rings. The van der Waals surface area contributed by atoms with E-state index in [-0.39, 0.29) is 5.82 Å². The quantitative estimate of drug-likeness (QED) is 0.651. The molecule has 1 N–H and O–H groups in total. The van der Waals surface area contributed by atoms with Crippen LogP contribution in [0.15, 0.2) is 40.9 Å². The van der Waals surface area contributed by atoms with E-state index in [4.69, 9.17) is 14.2 Å². The summed E-state index contributed by atoms with van der Waals surface area (Å²) in [6.45, 7) is 2.31. The average Bonchev–Trinajstić information content (AvgIpc) is 2.59. The maximum atomic E-state index is 13.0. The van der Waals surface area contributed by atoms with Crippen molar-refractivity contribution in [3.05, 3.63) is 57.8 Å². The first kappa shape index (κ1) is 18.7. The fourth-order valence-corrected chi connectivity index (χ4v) is 2.64. The molecule has 0 atom stereocenters. The molecule has 0 radical (unpaired) electrons. The Morgan fingerprint density at radius 2 is 1.83 bits per heavy atom. The maximum absolute atomic E-state index is 13.0. The van der Waals surface area contributed by atoms with Crippen molar-refractivity contribution in [1.82, 2.24) is 5.32 Å². The number of rotatable bonds is 9. The number of nitrogens with one attached hydrogen (secondary N) is 1. The van der Waals surface area contributed by atoms with Gasteiger partial charge in [0, 0.05) is 30.2 Å². The molecule has 0 aliphatic heterocycles. The predicted molar refractivity (Wildman–Crippen MR) is 95.0 cm³/mol. The van der Waals surface area contributed by atoms with Crippen LogP contribution in [0.2, 0.25) is 0 Å². The molecule has 6 heteroatoms. The van der Waals surface area contributed by atoms with Crippen LogP contribution in [0.1, 0.15) is 11.1 Å². The third kappa shape index (κ3) is 5.19. The van der Waals surface area contributed by atoms with Gasteiger partial charge >= 0.3 is 0 Å². The summed E-state index contributed by atoms with van der Waals surface area (Å²) in [4.78, 5) is 0. The topological polar surface area (TPSA) is 39.7 Å². The molecule has 0 amide bonds. The highest BCUT2D eigenvalue weighted by Crippen LogP contribution is 2.36. The fourth-order valence-electron chi connectivity index (χ4n) is 2.19. The molecule has 0 fully saturated rings. The van der Waals surface area contributed by atoms with Gasteiger partial charge in [0.15, 0.2) is 11.5 Å². The first-order valence-corrected chi connectivity index (χ1v) is 8.37. The minimum atomic E-state index is -0.262. The number of methoxy groups -OCH3 is 2. The van der Waals surface area contributed by atoms with Crippen LogP contribution >= 0.6 is 15.9 Å². The van der Waals surface area contributed by atoms with Crippen molar-refractivity contribution in [2.24, 2.45) is 0 Å². The van der Waals surface area contributed by atoms with Crippen molar-refractivity contribution in [2.45, 2.75) is 13.2 Å². The van der Waals surface area contributed by atoms with E-state index in [9.17, 15) is 4.39 Å². The molecular formula is C18H21BrFNO3. The molecule has 0 saturated carbocycles. The minimum absolute atomic E-state index is 0.262. The first-order valence-electron chi connectivity index (χ1n) is 7.58. The highest BCUT2D eigenvalue weighted by Gasteiger charge is 2.14. The van der Waals surface area contributed by atoms with Gasteiger partial charge in [-0.2, -0.15) is 0 Å². The number of hydrogen-bond acceptors (Lipinski definition) is 4. The maximum Gasteiger partial charge on any atom is 0.167 e. The predicted octanol–water partition coefficient (Wildman–Crippen LogP) is 3.91. The van der Waals surface area contributed by atoms with E-state index in [1.807, 2.05) is 12.1 Å². The largest absolute Gasteiger partial charge is 0.493 e. The Labute approximate surface area is 150 Å². The highest BCUT2D eigenvalue weighted by atomic mass is 79.9. The van der Waals surface area contributed by atoms with Crippen molar-refractivity contribution < 1.29 is 18.6 Å². The summed E-state index contributed by atoms with van der Waals surface area (Å²) in [5.41, 5.74) is 1.85. The summed E-state index contributed by atoms with van der Waals surface area (Å²) < 4.78 is 30.4. The van der Waals surface area contributed by atoms with Crippen molar-refractivity contribution in [3.63, 3.8) is 0 Å². The Bertz CT molecular complexity index is 649. The van der Waals surface area contributed by atoms with Crippen LogP contribution < -0.4 is 14.8 Å². The van der Waals surface area contributed by atoms with E-state index in [1.165, 1.54) is 12.1 Å². The molecule has 0 saturated heterocycles. The van der Waals surface area contributed by atoms with Crippen LogP contribution in [0.3, 0.4) is 0 Å². The molecule has 130 valence electrons. The monoisotopic (exact) mass is 397 g/mol. The Kier molecular flexibility index (Phi) is 7.49. The summed E-state index contributed by atoms with van der Waals surface area (Å²) >= 11 is 3.56.